The summed E-state index contributed by atoms with van der Waals surface area (Å²) < 4.78 is 37.5. The van der Waals surface area contributed by atoms with Crippen molar-refractivity contribution in [3.8, 4) is 0 Å². The number of rotatable bonds is 5. The molecule has 0 radical (unpaired) electrons. The third-order valence-corrected chi connectivity index (χ3v) is 6.31. The van der Waals surface area contributed by atoms with Gasteiger partial charge in [0.15, 0.2) is 6.10 Å². The Morgan fingerprint density at radius 1 is 1.21 bits per heavy atom. The van der Waals surface area contributed by atoms with E-state index in [1.165, 1.54) is 31.2 Å². The molecule has 2 unspecified atom stereocenters. The highest BCUT2D eigenvalue weighted by Crippen LogP contribution is 2.55. The molecular formula is C17H27F3N2O2. The first kappa shape index (κ1) is 18.0. The highest BCUT2D eigenvalue weighted by atomic mass is 19.4. The second kappa shape index (κ2) is 6.16. The molecule has 0 aromatic rings. The number of aliphatic hydroxyl groups excluding tert-OH is 1. The molecule has 4 aliphatic carbocycles. The van der Waals surface area contributed by atoms with E-state index in [2.05, 4.69) is 5.32 Å². The second-order valence-corrected chi connectivity index (χ2v) is 8.36. The summed E-state index contributed by atoms with van der Waals surface area (Å²) in [6, 6.07) is -0.699. The lowest BCUT2D eigenvalue weighted by atomic mass is 9.53. The molecule has 0 spiro atoms. The van der Waals surface area contributed by atoms with E-state index in [1.54, 1.807) is 6.92 Å². The highest BCUT2D eigenvalue weighted by molar-refractivity contribution is 5.82. The van der Waals surface area contributed by atoms with Gasteiger partial charge in [0.1, 0.15) is 0 Å². The van der Waals surface area contributed by atoms with Gasteiger partial charge in [-0.15, -0.1) is 0 Å². The predicted octanol–water partition coefficient (Wildman–Crippen LogP) is 2.31. The number of halogens is 3. The molecule has 2 N–H and O–H groups in total. The smallest absolute Gasteiger partial charge is 0.382 e. The quantitative estimate of drug-likeness (QED) is 0.802. The Kier molecular flexibility index (Phi) is 4.62. The minimum absolute atomic E-state index is 0.149. The molecule has 4 fully saturated rings. The summed E-state index contributed by atoms with van der Waals surface area (Å²) >= 11 is 0. The zero-order valence-corrected chi connectivity index (χ0v) is 14.3. The number of nitrogens with zero attached hydrogens (tertiary/aromatic N) is 1. The van der Waals surface area contributed by atoms with Crippen LogP contribution in [0.25, 0.3) is 0 Å². The van der Waals surface area contributed by atoms with E-state index in [-0.39, 0.29) is 11.4 Å². The molecule has 0 heterocycles. The molecule has 0 saturated heterocycles. The van der Waals surface area contributed by atoms with E-state index in [0.717, 1.165) is 19.3 Å². The average molecular weight is 348 g/mol. The van der Waals surface area contributed by atoms with Crippen molar-refractivity contribution in [3.05, 3.63) is 0 Å². The van der Waals surface area contributed by atoms with Gasteiger partial charge in [-0.3, -0.25) is 9.69 Å². The van der Waals surface area contributed by atoms with Crippen LogP contribution in [-0.2, 0) is 4.79 Å². The zero-order valence-electron chi connectivity index (χ0n) is 14.3. The first-order chi connectivity index (χ1) is 11.1. The predicted molar refractivity (Wildman–Crippen MR) is 83.2 cm³/mol. The van der Waals surface area contributed by atoms with E-state index in [4.69, 9.17) is 0 Å². The van der Waals surface area contributed by atoms with E-state index in [1.807, 2.05) is 0 Å². The number of nitrogens with one attached hydrogen (secondary N) is 1. The van der Waals surface area contributed by atoms with Crippen molar-refractivity contribution in [1.29, 1.82) is 0 Å². The number of aliphatic hydroxyl groups is 1. The van der Waals surface area contributed by atoms with E-state index >= 15 is 0 Å². The van der Waals surface area contributed by atoms with Crippen LogP contribution in [-0.4, -0.2) is 53.4 Å². The van der Waals surface area contributed by atoms with Crippen LogP contribution in [0, 0.1) is 17.8 Å². The summed E-state index contributed by atoms with van der Waals surface area (Å²) in [4.78, 5) is 13.9. The Labute approximate surface area is 140 Å². The maximum atomic E-state index is 12.6. The van der Waals surface area contributed by atoms with E-state index in [9.17, 15) is 23.1 Å². The molecule has 4 nitrogen and oxygen atoms in total. The summed E-state index contributed by atoms with van der Waals surface area (Å²) in [5.41, 5.74) is -0.149. The number of alkyl halides is 3. The molecule has 2 atom stereocenters. The van der Waals surface area contributed by atoms with E-state index in [0.29, 0.717) is 17.8 Å². The molecule has 0 aliphatic heterocycles. The fourth-order valence-electron chi connectivity index (χ4n) is 5.36. The van der Waals surface area contributed by atoms with Crippen molar-refractivity contribution in [3.63, 3.8) is 0 Å². The Morgan fingerprint density at radius 2 is 1.67 bits per heavy atom. The van der Waals surface area contributed by atoms with Crippen LogP contribution in [0.4, 0.5) is 13.2 Å². The standard InChI is InChI=1S/C17H27F3N2O2/c1-10(22(2)9-14(23)17(18,19)20)15(24)21-16-6-11-3-12(7-16)5-13(4-11)8-16/h10-14,23H,3-9H2,1-2H3,(H,21,24). The highest BCUT2D eigenvalue weighted by Gasteiger charge is 2.52. The van der Waals surface area contributed by atoms with E-state index < -0.39 is 24.9 Å². The summed E-state index contributed by atoms with van der Waals surface area (Å²) in [5.74, 6) is 1.85. The minimum atomic E-state index is -4.66. The Hall–Kier alpha value is -0.820. The fourth-order valence-corrected chi connectivity index (χ4v) is 5.36. The van der Waals surface area contributed by atoms with Crippen molar-refractivity contribution in [2.75, 3.05) is 13.6 Å². The van der Waals surface area contributed by atoms with Gasteiger partial charge >= 0.3 is 6.18 Å². The largest absolute Gasteiger partial charge is 0.415 e. The number of carbonyl (C=O) groups excluding carboxylic acids is 1. The van der Waals surface area contributed by atoms with Crippen molar-refractivity contribution in [1.82, 2.24) is 10.2 Å². The molecule has 0 aromatic carbocycles. The zero-order chi connectivity index (χ0) is 17.7. The van der Waals surface area contributed by atoms with Crippen LogP contribution in [0.5, 0.6) is 0 Å². The van der Waals surface area contributed by atoms with Crippen LogP contribution in [0.1, 0.15) is 45.4 Å². The van der Waals surface area contributed by atoms with Gasteiger partial charge in [-0.2, -0.15) is 13.2 Å². The molecule has 4 bridgehead atoms. The maximum absolute atomic E-state index is 12.6. The lowest BCUT2D eigenvalue weighted by Gasteiger charge is -2.57. The van der Waals surface area contributed by atoms with Gasteiger partial charge in [0.05, 0.1) is 6.04 Å². The molecular weight excluding hydrogens is 321 g/mol. The lowest BCUT2D eigenvalue weighted by Crippen LogP contribution is -2.62. The molecule has 4 saturated carbocycles. The maximum Gasteiger partial charge on any atom is 0.415 e. The van der Waals surface area contributed by atoms with Gasteiger partial charge in [0.25, 0.3) is 0 Å². The summed E-state index contributed by atoms with van der Waals surface area (Å²) in [6.07, 6.45) is -0.278. The molecule has 4 aliphatic rings. The molecule has 24 heavy (non-hydrogen) atoms. The Bertz CT molecular complexity index is 459. The van der Waals surface area contributed by atoms with Gasteiger partial charge in [-0.25, -0.2) is 0 Å². The van der Waals surface area contributed by atoms with Crippen molar-refractivity contribution in [2.45, 2.75) is 69.3 Å². The number of hydrogen-bond acceptors (Lipinski definition) is 3. The molecule has 7 heteroatoms. The van der Waals surface area contributed by atoms with Crippen LogP contribution >= 0.6 is 0 Å². The first-order valence-electron chi connectivity index (χ1n) is 8.85. The molecule has 138 valence electrons. The van der Waals surface area contributed by atoms with Crippen LogP contribution < -0.4 is 5.32 Å². The number of carbonyl (C=O) groups is 1. The van der Waals surface area contributed by atoms with Crippen LogP contribution in [0.3, 0.4) is 0 Å². The van der Waals surface area contributed by atoms with Crippen molar-refractivity contribution in [2.24, 2.45) is 17.8 Å². The summed E-state index contributed by atoms with van der Waals surface area (Å²) in [7, 11) is 1.44. The number of amides is 1. The van der Waals surface area contributed by atoms with Gasteiger partial charge in [-0.1, -0.05) is 0 Å². The molecule has 1 amide bonds. The topological polar surface area (TPSA) is 52.6 Å². The summed E-state index contributed by atoms with van der Waals surface area (Å²) in [5, 5.41) is 12.4. The van der Waals surface area contributed by atoms with Gasteiger partial charge in [-0.05, 0) is 70.3 Å². The average Bonchev–Trinajstić information content (AvgIpc) is 2.43. The monoisotopic (exact) mass is 348 g/mol. The SMILES string of the molecule is CC(C(=O)NC12CC3CC(CC(C3)C1)C2)N(C)CC(O)C(F)(F)F. The molecule has 0 aromatic heterocycles. The van der Waals surface area contributed by atoms with Crippen LogP contribution in [0.15, 0.2) is 0 Å². The molecule has 4 rings (SSSR count). The fraction of sp³-hybridized carbons (Fsp3) is 0.941. The lowest BCUT2D eigenvalue weighted by molar-refractivity contribution is -0.208. The van der Waals surface area contributed by atoms with Gasteiger partial charge in [0.2, 0.25) is 5.91 Å². The minimum Gasteiger partial charge on any atom is -0.382 e. The second-order valence-electron chi connectivity index (χ2n) is 8.36. The third-order valence-electron chi connectivity index (χ3n) is 6.31. The van der Waals surface area contributed by atoms with Crippen LogP contribution in [0.2, 0.25) is 0 Å². The summed E-state index contributed by atoms with van der Waals surface area (Å²) in [6.45, 7) is 0.998. The van der Waals surface area contributed by atoms with Gasteiger partial charge < -0.3 is 10.4 Å². The number of hydrogen-bond donors (Lipinski definition) is 2. The normalized spacial score (nSPS) is 37.5. The Morgan fingerprint density at radius 3 is 2.08 bits per heavy atom. The van der Waals surface area contributed by atoms with Crippen molar-refractivity contribution >= 4 is 5.91 Å². The van der Waals surface area contributed by atoms with Crippen molar-refractivity contribution < 1.29 is 23.1 Å². The Balaban J connectivity index is 1.58. The third kappa shape index (κ3) is 3.57. The first-order valence-corrected chi connectivity index (χ1v) is 8.85. The van der Waals surface area contributed by atoms with Gasteiger partial charge in [0, 0.05) is 12.1 Å². The number of likely N-dealkylation sites (N-methyl/N-ethyl adjacent to an activating group) is 1.